The number of carbonyl (C=O) groups is 1. The lowest BCUT2D eigenvalue weighted by molar-refractivity contribution is -0.387. The molecule has 1 aromatic heterocycles. The van der Waals surface area contributed by atoms with Crippen molar-refractivity contribution in [3.8, 4) is 0 Å². The Balaban J connectivity index is 2.29. The third-order valence-electron chi connectivity index (χ3n) is 2.32. The first kappa shape index (κ1) is 14.8. The second-order valence-corrected chi connectivity index (χ2v) is 4.68. The maximum absolute atomic E-state index is 13.1. The van der Waals surface area contributed by atoms with Gasteiger partial charge in [-0.15, -0.1) is 5.10 Å². The highest BCUT2D eigenvalue weighted by Crippen LogP contribution is 2.33. The van der Waals surface area contributed by atoms with Gasteiger partial charge in [0, 0.05) is 0 Å². The van der Waals surface area contributed by atoms with Crippen molar-refractivity contribution < 1.29 is 18.8 Å². The first-order valence-electron chi connectivity index (χ1n) is 5.46. The summed E-state index contributed by atoms with van der Waals surface area (Å²) in [6, 6.07) is 3.13. The van der Waals surface area contributed by atoms with E-state index in [-0.39, 0.29) is 16.6 Å². The largest absolute Gasteiger partial charge is 0.468 e. The quantitative estimate of drug-likeness (QED) is 0.457. The van der Waals surface area contributed by atoms with E-state index in [0.717, 1.165) is 28.6 Å². The number of hydrogen-bond donors (Lipinski definition) is 0. The van der Waals surface area contributed by atoms with Crippen molar-refractivity contribution in [1.29, 1.82) is 0 Å². The fourth-order valence-electron chi connectivity index (χ4n) is 1.37. The monoisotopic (exact) mass is 313 g/mol. The Morgan fingerprint density at radius 2 is 2.33 bits per heavy atom. The molecule has 21 heavy (non-hydrogen) atoms. The lowest BCUT2D eigenvalue weighted by Gasteiger charge is -2.03. The molecule has 9 nitrogen and oxygen atoms in total. The van der Waals surface area contributed by atoms with E-state index in [1.165, 1.54) is 13.2 Å². The average Bonchev–Trinajstić information content (AvgIpc) is 2.87. The van der Waals surface area contributed by atoms with Gasteiger partial charge in [0.05, 0.1) is 23.0 Å². The first-order chi connectivity index (χ1) is 10.0. The van der Waals surface area contributed by atoms with Crippen molar-refractivity contribution in [3.63, 3.8) is 0 Å². The minimum atomic E-state index is -0.722. The van der Waals surface area contributed by atoms with Crippen LogP contribution >= 0.6 is 11.8 Å². The van der Waals surface area contributed by atoms with E-state index in [1.807, 2.05) is 0 Å². The van der Waals surface area contributed by atoms with Crippen LogP contribution in [-0.2, 0) is 16.1 Å². The molecule has 11 heteroatoms. The summed E-state index contributed by atoms with van der Waals surface area (Å²) < 4.78 is 18.7. The summed E-state index contributed by atoms with van der Waals surface area (Å²) in [5.41, 5.74) is -0.410. The predicted octanol–water partition coefficient (Wildman–Crippen LogP) is 1.04. The van der Waals surface area contributed by atoms with E-state index < -0.39 is 22.4 Å². The van der Waals surface area contributed by atoms with Gasteiger partial charge in [-0.2, -0.15) is 0 Å². The van der Waals surface area contributed by atoms with Crippen LogP contribution < -0.4 is 0 Å². The maximum atomic E-state index is 13.1. The zero-order chi connectivity index (χ0) is 15.4. The van der Waals surface area contributed by atoms with Crippen LogP contribution in [0, 0.1) is 15.9 Å². The number of carbonyl (C=O) groups excluding carboxylic acids is 1. The SMILES string of the molecule is COC(=O)Cn1nnnc1Sc1ccc(F)cc1[N+](=O)[O-]. The normalized spacial score (nSPS) is 10.4. The van der Waals surface area contributed by atoms with Crippen LogP contribution in [-0.4, -0.2) is 38.2 Å². The molecule has 0 atom stereocenters. The third-order valence-corrected chi connectivity index (χ3v) is 3.36. The van der Waals surface area contributed by atoms with Gasteiger partial charge in [0.25, 0.3) is 5.69 Å². The van der Waals surface area contributed by atoms with Gasteiger partial charge in [0.2, 0.25) is 5.16 Å². The summed E-state index contributed by atoms with van der Waals surface area (Å²) in [5, 5.41) is 21.7. The molecule has 1 heterocycles. The van der Waals surface area contributed by atoms with Gasteiger partial charge < -0.3 is 4.74 Å². The number of nitro benzene ring substituents is 1. The number of hydrogen-bond acceptors (Lipinski definition) is 8. The van der Waals surface area contributed by atoms with Crippen LogP contribution in [0.25, 0.3) is 0 Å². The number of ether oxygens (including phenoxy) is 1. The van der Waals surface area contributed by atoms with Gasteiger partial charge in [0.1, 0.15) is 12.4 Å². The molecule has 0 saturated carbocycles. The number of halogens is 1. The number of nitro groups is 1. The van der Waals surface area contributed by atoms with E-state index >= 15 is 0 Å². The smallest absolute Gasteiger partial charge is 0.327 e. The summed E-state index contributed by atoms with van der Waals surface area (Å²) >= 11 is 0.848. The van der Waals surface area contributed by atoms with Crippen LogP contribution in [0.5, 0.6) is 0 Å². The number of esters is 1. The van der Waals surface area contributed by atoms with Gasteiger partial charge >= 0.3 is 5.97 Å². The molecule has 110 valence electrons. The minimum Gasteiger partial charge on any atom is -0.468 e. The Kier molecular flexibility index (Phi) is 4.42. The summed E-state index contributed by atoms with van der Waals surface area (Å²) in [6.45, 7) is -0.235. The zero-order valence-corrected chi connectivity index (χ0v) is 11.4. The summed E-state index contributed by atoms with van der Waals surface area (Å²) in [6.07, 6.45) is 0. The number of tetrazole rings is 1. The van der Waals surface area contributed by atoms with Crippen LogP contribution in [0.4, 0.5) is 10.1 Å². The Morgan fingerprint density at radius 1 is 1.57 bits per heavy atom. The number of nitrogens with zero attached hydrogens (tertiary/aromatic N) is 5. The summed E-state index contributed by atoms with van der Waals surface area (Å²) in [7, 11) is 1.21. The Morgan fingerprint density at radius 3 is 3.00 bits per heavy atom. The Hall–Kier alpha value is -2.56. The van der Waals surface area contributed by atoms with Gasteiger partial charge in [-0.1, -0.05) is 0 Å². The molecule has 1 aromatic carbocycles. The highest BCUT2D eigenvalue weighted by Gasteiger charge is 2.19. The van der Waals surface area contributed by atoms with Crippen molar-refractivity contribution in [1.82, 2.24) is 20.2 Å². The molecule has 0 amide bonds. The van der Waals surface area contributed by atoms with Crippen molar-refractivity contribution >= 4 is 23.4 Å². The molecule has 0 aliphatic carbocycles. The molecule has 0 unspecified atom stereocenters. The lowest BCUT2D eigenvalue weighted by Crippen LogP contribution is -2.13. The minimum absolute atomic E-state index is 0.148. The van der Waals surface area contributed by atoms with Gasteiger partial charge in [0.15, 0.2) is 0 Å². The summed E-state index contributed by atoms with van der Waals surface area (Å²) in [5.74, 6) is -1.29. The second kappa shape index (κ2) is 6.26. The van der Waals surface area contributed by atoms with Crippen molar-refractivity contribution in [2.45, 2.75) is 16.6 Å². The third kappa shape index (κ3) is 3.51. The molecule has 0 fully saturated rings. The van der Waals surface area contributed by atoms with E-state index in [1.54, 1.807) is 0 Å². The molecule has 2 rings (SSSR count). The highest BCUT2D eigenvalue weighted by atomic mass is 32.2. The van der Waals surface area contributed by atoms with Crippen molar-refractivity contribution in [2.24, 2.45) is 0 Å². The molecular formula is C10H8FN5O4S. The molecule has 0 N–H and O–H groups in total. The molecule has 0 aliphatic rings. The Labute approximate surface area is 121 Å². The van der Waals surface area contributed by atoms with Crippen LogP contribution in [0.3, 0.4) is 0 Å². The van der Waals surface area contributed by atoms with Gasteiger partial charge in [-0.3, -0.25) is 14.9 Å². The number of benzene rings is 1. The average molecular weight is 313 g/mol. The molecule has 0 spiro atoms. The topological polar surface area (TPSA) is 113 Å². The number of methoxy groups -OCH3 is 1. The van der Waals surface area contributed by atoms with Crippen LogP contribution in [0.1, 0.15) is 0 Å². The Bertz CT molecular complexity index is 692. The van der Waals surface area contributed by atoms with E-state index in [0.29, 0.717) is 0 Å². The predicted molar refractivity (Wildman–Crippen MR) is 67.0 cm³/mol. The van der Waals surface area contributed by atoms with Crippen LogP contribution in [0.15, 0.2) is 28.3 Å². The molecule has 0 radical (unpaired) electrons. The summed E-state index contributed by atoms with van der Waals surface area (Å²) in [4.78, 5) is 21.5. The van der Waals surface area contributed by atoms with Crippen molar-refractivity contribution in [3.05, 3.63) is 34.1 Å². The number of rotatable bonds is 5. The van der Waals surface area contributed by atoms with Gasteiger partial charge in [-0.05, 0) is 34.3 Å². The fourth-order valence-corrected chi connectivity index (χ4v) is 2.23. The standard InChI is InChI=1S/C10H8FN5O4S/c1-20-9(17)5-15-10(12-13-14-15)21-8-3-2-6(11)4-7(8)16(18)19/h2-4H,5H2,1H3. The molecule has 0 bridgehead atoms. The van der Waals surface area contributed by atoms with Crippen molar-refractivity contribution in [2.75, 3.05) is 7.11 Å². The van der Waals surface area contributed by atoms with Crippen LogP contribution in [0.2, 0.25) is 0 Å². The number of aromatic nitrogens is 4. The fraction of sp³-hybridized carbons (Fsp3) is 0.200. The second-order valence-electron chi connectivity index (χ2n) is 3.67. The molecule has 0 aliphatic heterocycles. The zero-order valence-electron chi connectivity index (χ0n) is 10.6. The van der Waals surface area contributed by atoms with Gasteiger partial charge in [-0.25, -0.2) is 9.07 Å². The maximum Gasteiger partial charge on any atom is 0.327 e. The molecular weight excluding hydrogens is 305 g/mol. The van der Waals surface area contributed by atoms with E-state index in [4.69, 9.17) is 0 Å². The first-order valence-corrected chi connectivity index (χ1v) is 6.27. The van der Waals surface area contributed by atoms with E-state index in [9.17, 15) is 19.3 Å². The lowest BCUT2D eigenvalue weighted by atomic mass is 10.3. The molecule has 2 aromatic rings. The highest BCUT2D eigenvalue weighted by molar-refractivity contribution is 7.99. The van der Waals surface area contributed by atoms with E-state index in [2.05, 4.69) is 20.3 Å². The molecule has 0 saturated heterocycles.